The minimum absolute atomic E-state index is 0.341. The zero-order chi connectivity index (χ0) is 25.5. The van der Waals surface area contributed by atoms with Crippen molar-refractivity contribution in [3.63, 3.8) is 0 Å². The molecule has 4 aromatic rings. The molecule has 4 heterocycles. The third-order valence-corrected chi connectivity index (χ3v) is 7.44. The maximum atomic E-state index is 13.3. The van der Waals surface area contributed by atoms with Crippen LogP contribution in [0.15, 0.2) is 48.7 Å². The SMILES string of the molecule is CCn1nc2ccc(Cl)cc2c1C1=C(c2cn(CCCN3CCOCC3)c3ccccc23)C(=O)NC1=O. The first kappa shape index (κ1) is 23.9. The Hall–Kier alpha value is -3.46. The van der Waals surface area contributed by atoms with Gasteiger partial charge in [-0.05, 0) is 37.6 Å². The Morgan fingerprint density at radius 3 is 2.59 bits per heavy atom. The van der Waals surface area contributed by atoms with Crippen molar-refractivity contribution in [1.82, 2.24) is 24.6 Å². The number of nitrogens with zero attached hydrogens (tertiary/aromatic N) is 4. The van der Waals surface area contributed by atoms with Gasteiger partial charge in [-0.2, -0.15) is 5.10 Å². The van der Waals surface area contributed by atoms with E-state index in [1.807, 2.05) is 37.4 Å². The van der Waals surface area contributed by atoms with Gasteiger partial charge >= 0.3 is 0 Å². The second-order valence-corrected chi connectivity index (χ2v) is 9.86. The molecule has 0 radical (unpaired) electrons. The Bertz CT molecular complexity index is 1560. The molecule has 2 aromatic heterocycles. The molecule has 2 aromatic carbocycles. The molecule has 1 saturated heterocycles. The van der Waals surface area contributed by atoms with Crippen molar-refractivity contribution in [2.45, 2.75) is 26.4 Å². The van der Waals surface area contributed by atoms with Crippen LogP contribution < -0.4 is 5.32 Å². The molecule has 2 aliphatic heterocycles. The van der Waals surface area contributed by atoms with E-state index in [0.29, 0.717) is 28.4 Å². The lowest BCUT2D eigenvalue weighted by Crippen LogP contribution is -2.37. The minimum atomic E-state index is -0.416. The van der Waals surface area contributed by atoms with Gasteiger partial charge < -0.3 is 9.30 Å². The molecular formula is C28H28ClN5O3. The number of nitrogens with one attached hydrogen (secondary N) is 1. The highest BCUT2D eigenvalue weighted by molar-refractivity contribution is 6.50. The van der Waals surface area contributed by atoms with Crippen molar-refractivity contribution in [3.05, 3.63) is 64.9 Å². The Morgan fingerprint density at radius 2 is 1.78 bits per heavy atom. The molecule has 37 heavy (non-hydrogen) atoms. The first-order valence-electron chi connectivity index (χ1n) is 12.7. The number of rotatable bonds is 7. The van der Waals surface area contributed by atoms with Gasteiger partial charge in [0.15, 0.2) is 0 Å². The fourth-order valence-corrected chi connectivity index (χ4v) is 5.63. The summed E-state index contributed by atoms with van der Waals surface area (Å²) in [6, 6.07) is 13.5. The second kappa shape index (κ2) is 9.78. The van der Waals surface area contributed by atoms with E-state index in [-0.39, 0.29) is 0 Å². The minimum Gasteiger partial charge on any atom is -0.379 e. The summed E-state index contributed by atoms with van der Waals surface area (Å²) in [5.74, 6) is -0.809. The standard InChI is InChI=1S/C28H28ClN5O3/c1-2-34-26(20-16-18(29)8-9-22(20)31-34)25-24(27(35)30-28(25)36)21-17-33(23-7-4-3-6-19(21)23)11-5-10-32-12-14-37-15-13-32/h3-4,6-9,16-17H,2,5,10-15H2,1H3,(H,30,35,36). The molecule has 0 unspecified atom stereocenters. The average molecular weight is 518 g/mol. The van der Waals surface area contributed by atoms with Gasteiger partial charge in [-0.25, -0.2) is 0 Å². The number of carbonyl (C=O) groups excluding carboxylic acids is 2. The molecule has 0 atom stereocenters. The fraction of sp³-hybridized carbons (Fsp3) is 0.321. The Labute approximate surface area is 219 Å². The molecule has 0 spiro atoms. The zero-order valence-electron chi connectivity index (χ0n) is 20.7. The van der Waals surface area contributed by atoms with E-state index in [4.69, 9.17) is 16.3 Å². The summed E-state index contributed by atoms with van der Waals surface area (Å²) in [5, 5.41) is 9.45. The fourth-order valence-electron chi connectivity index (χ4n) is 5.46. The van der Waals surface area contributed by atoms with Crippen LogP contribution in [0.3, 0.4) is 0 Å². The number of amides is 2. The Kier molecular flexibility index (Phi) is 6.32. The quantitative estimate of drug-likeness (QED) is 0.375. The highest BCUT2D eigenvalue weighted by Crippen LogP contribution is 2.39. The Balaban J connectivity index is 1.47. The van der Waals surface area contributed by atoms with Crippen LogP contribution in [0.1, 0.15) is 24.6 Å². The number of imide groups is 1. The van der Waals surface area contributed by atoms with Crippen LogP contribution in [0.2, 0.25) is 5.02 Å². The van der Waals surface area contributed by atoms with Crippen molar-refractivity contribution in [1.29, 1.82) is 0 Å². The number of aromatic nitrogens is 3. The number of benzene rings is 2. The summed E-state index contributed by atoms with van der Waals surface area (Å²) in [5.41, 5.74) is 3.85. The lowest BCUT2D eigenvalue weighted by atomic mass is 9.97. The van der Waals surface area contributed by atoms with Gasteiger partial charge in [0.2, 0.25) is 0 Å². The summed E-state index contributed by atoms with van der Waals surface area (Å²) >= 11 is 6.32. The molecule has 2 amide bonds. The first-order chi connectivity index (χ1) is 18.0. The maximum Gasteiger partial charge on any atom is 0.261 e. The molecule has 190 valence electrons. The number of aryl methyl sites for hydroxylation is 2. The highest BCUT2D eigenvalue weighted by atomic mass is 35.5. The molecule has 8 nitrogen and oxygen atoms in total. The summed E-state index contributed by atoms with van der Waals surface area (Å²) in [7, 11) is 0. The maximum absolute atomic E-state index is 13.3. The number of para-hydroxylation sites is 1. The number of carbonyl (C=O) groups is 2. The van der Waals surface area contributed by atoms with Gasteiger partial charge in [0.1, 0.15) is 0 Å². The van der Waals surface area contributed by atoms with Crippen LogP contribution in [0, 0.1) is 0 Å². The van der Waals surface area contributed by atoms with Crippen LogP contribution in [-0.4, -0.2) is 63.9 Å². The van der Waals surface area contributed by atoms with Crippen LogP contribution in [0.4, 0.5) is 0 Å². The molecule has 0 aliphatic carbocycles. The van der Waals surface area contributed by atoms with Gasteiger partial charge in [0, 0.05) is 65.8 Å². The van der Waals surface area contributed by atoms with E-state index in [1.165, 1.54) is 0 Å². The largest absolute Gasteiger partial charge is 0.379 e. The molecule has 0 saturated carbocycles. The average Bonchev–Trinajstić information content (AvgIpc) is 3.54. The van der Waals surface area contributed by atoms with Crippen LogP contribution in [0.25, 0.3) is 33.0 Å². The predicted molar refractivity (Wildman–Crippen MR) is 144 cm³/mol. The van der Waals surface area contributed by atoms with Crippen molar-refractivity contribution in [3.8, 4) is 0 Å². The number of ether oxygens (including phenoxy) is 1. The lowest BCUT2D eigenvalue weighted by molar-refractivity contribution is -0.122. The van der Waals surface area contributed by atoms with E-state index in [9.17, 15) is 9.59 Å². The normalized spacial score (nSPS) is 16.9. The number of morpholine rings is 1. The molecule has 1 N–H and O–H groups in total. The predicted octanol–water partition coefficient (Wildman–Crippen LogP) is 3.95. The van der Waals surface area contributed by atoms with Gasteiger partial charge in [-0.15, -0.1) is 0 Å². The van der Waals surface area contributed by atoms with Crippen molar-refractivity contribution >= 4 is 56.4 Å². The Morgan fingerprint density at radius 1 is 1.00 bits per heavy atom. The molecule has 6 rings (SSSR count). The van der Waals surface area contributed by atoms with Crippen molar-refractivity contribution < 1.29 is 14.3 Å². The first-order valence-corrected chi connectivity index (χ1v) is 13.1. The van der Waals surface area contributed by atoms with E-state index in [2.05, 4.69) is 25.9 Å². The van der Waals surface area contributed by atoms with Crippen molar-refractivity contribution in [2.75, 3.05) is 32.8 Å². The molecule has 9 heteroatoms. The number of hydrogen-bond donors (Lipinski definition) is 1. The summed E-state index contributed by atoms with van der Waals surface area (Å²) in [6.45, 7) is 7.78. The van der Waals surface area contributed by atoms with Gasteiger partial charge in [-0.3, -0.25) is 24.5 Å². The molecule has 0 bridgehead atoms. The van der Waals surface area contributed by atoms with Crippen LogP contribution in [-0.2, 0) is 27.4 Å². The highest BCUT2D eigenvalue weighted by Gasteiger charge is 2.36. The molecular weight excluding hydrogens is 490 g/mol. The van der Waals surface area contributed by atoms with Crippen molar-refractivity contribution in [2.24, 2.45) is 0 Å². The molecule has 1 fully saturated rings. The van der Waals surface area contributed by atoms with E-state index in [1.54, 1.807) is 16.8 Å². The number of halogens is 1. The van der Waals surface area contributed by atoms with E-state index >= 15 is 0 Å². The number of fused-ring (bicyclic) bond motifs is 2. The van der Waals surface area contributed by atoms with E-state index in [0.717, 1.165) is 73.2 Å². The second-order valence-electron chi connectivity index (χ2n) is 9.42. The topological polar surface area (TPSA) is 81.4 Å². The third kappa shape index (κ3) is 4.25. The number of hydrogen-bond acceptors (Lipinski definition) is 5. The summed E-state index contributed by atoms with van der Waals surface area (Å²) in [4.78, 5) is 29.0. The van der Waals surface area contributed by atoms with Gasteiger partial charge in [0.25, 0.3) is 11.8 Å². The molecule has 2 aliphatic rings. The summed E-state index contributed by atoms with van der Waals surface area (Å²) < 4.78 is 9.43. The zero-order valence-corrected chi connectivity index (χ0v) is 21.4. The lowest BCUT2D eigenvalue weighted by Gasteiger charge is -2.26. The van der Waals surface area contributed by atoms with E-state index < -0.39 is 11.8 Å². The van der Waals surface area contributed by atoms with Crippen LogP contribution in [0.5, 0.6) is 0 Å². The van der Waals surface area contributed by atoms with Gasteiger partial charge in [-0.1, -0.05) is 29.8 Å². The van der Waals surface area contributed by atoms with Gasteiger partial charge in [0.05, 0.1) is 35.6 Å². The summed E-state index contributed by atoms with van der Waals surface area (Å²) in [6.07, 6.45) is 2.99. The smallest absolute Gasteiger partial charge is 0.261 e. The van der Waals surface area contributed by atoms with Crippen LogP contribution >= 0.6 is 11.6 Å². The third-order valence-electron chi connectivity index (χ3n) is 7.20. The monoisotopic (exact) mass is 517 g/mol.